The summed E-state index contributed by atoms with van der Waals surface area (Å²) in [7, 11) is 0. The zero-order valence-electron chi connectivity index (χ0n) is 15.8. The largest absolute Gasteiger partial charge is 0.451 e. The molecule has 0 spiro atoms. The van der Waals surface area contributed by atoms with Gasteiger partial charge in [0.15, 0.2) is 15.9 Å². The maximum Gasteiger partial charge on any atom is 0.234 e. The highest BCUT2D eigenvalue weighted by molar-refractivity contribution is 8.01. The maximum atomic E-state index is 12.4. The van der Waals surface area contributed by atoms with E-state index in [0.29, 0.717) is 32.7 Å². The van der Waals surface area contributed by atoms with Crippen molar-refractivity contribution in [3.8, 4) is 0 Å². The molecule has 1 saturated heterocycles. The molecule has 3 heterocycles. The summed E-state index contributed by atoms with van der Waals surface area (Å²) in [5.74, 6) is -0.179. The lowest BCUT2D eigenvalue weighted by Gasteiger charge is -2.08. The zero-order valence-corrected chi connectivity index (χ0v) is 17.4. The van der Waals surface area contributed by atoms with Gasteiger partial charge in [-0.1, -0.05) is 35.2 Å². The molecule has 152 valence electrons. The van der Waals surface area contributed by atoms with E-state index in [9.17, 15) is 9.59 Å². The van der Waals surface area contributed by atoms with Crippen molar-refractivity contribution in [2.75, 3.05) is 29.5 Å². The fourth-order valence-corrected chi connectivity index (χ4v) is 4.63. The molecule has 0 saturated carbocycles. The molecule has 29 heavy (non-hydrogen) atoms. The predicted octanol–water partition coefficient (Wildman–Crippen LogP) is 3.81. The number of ether oxygens (including phenoxy) is 1. The summed E-state index contributed by atoms with van der Waals surface area (Å²) in [6.45, 7) is 2.94. The fourth-order valence-electron chi connectivity index (χ4n) is 3.07. The number of benzene rings is 1. The van der Waals surface area contributed by atoms with E-state index >= 15 is 0 Å². The summed E-state index contributed by atoms with van der Waals surface area (Å²) < 4.78 is 11.9. The Kier molecular flexibility index (Phi) is 6.12. The van der Waals surface area contributed by atoms with Crippen LogP contribution in [0.2, 0.25) is 0 Å². The summed E-state index contributed by atoms with van der Waals surface area (Å²) in [5, 5.41) is 15.6. The third kappa shape index (κ3) is 4.77. The standard InChI is InChI=1S/C19H20N4O4S2/c1-11(24)17-16(13-6-2-3-7-14(13)27-17)21-15(25)10-28-19-23-22-18(29-19)20-9-12-5-4-8-26-12/h2-3,6-7,12H,4-5,8-10H2,1H3,(H,20,22)(H,21,25). The predicted molar refractivity (Wildman–Crippen MR) is 113 cm³/mol. The smallest absolute Gasteiger partial charge is 0.234 e. The highest BCUT2D eigenvalue weighted by Crippen LogP contribution is 2.32. The van der Waals surface area contributed by atoms with Gasteiger partial charge in [-0.2, -0.15) is 0 Å². The van der Waals surface area contributed by atoms with Gasteiger partial charge >= 0.3 is 0 Å². The number of carbonyl (C=O) groups excluding carboxylic acids is 2. The van der Waals surface area contributed by atoms with Crippen molar-refractivity contribution in [2.45, 2.75) is 30.2 Å². The molecule has 1 atom stereocenters. The molecule has 1 aromatic carbocycles. The van der Waals surface area contributed by atoms with E-state index in [2.05, 4.69) is 20.8 Å². The van der Waals surface area contributed by atoms with Crippen LogP contribution in [-0.2, 0) is 9.53 Å². The highest BCUT2D eigenvalue weighted by Gasteiger charge is 2.20. The van der Waals surface area contributed by atoms with Crippen LogP contribution in [0.25, 0.3) is 11.0 Å². The molecular formula is C19H20N4O4S2. The number of para-hydroxylation sites is 1. The van der Waals surface area contributed by atoms with Gasteiger partial charge in [-0.25, -0.2) is 0 Å². The normalized spacial score (nSPS) is 16.2. The number of fused-ring (bicyclic) bond motifs is 1. The van der Waals surface area contributed by atoms with Crippen LogP contribution in [0, 0.1) is 0 Å². The van der Waals surface area contributed by atoms with Gasteiger partial charge in [0.25, 0.3) is 0 Å². The average Bonchev–Trinajstić information content (AvgIpc) is 3.45. The number of anilines is 2. The van der Waals surface area contributed by atoms with Gasteiger partial charge in [-0.3, -0.25) is 9.59 Å². The first kappa shape index (κ1) is 19.9. The quantitative estimate of drug-likeness (QED) is 0.409. The molecule has 0 aliphatic carbocycles. The van der Waals surface area contributed by atoms with Crippen molar-refractivity contribution in [1.29, 1.82) is 0 Å². The van der Waals surface area contributed by atoms with Gasteiger partial charge in [0.05, 0.1) is 17.5 Å². The maximum absolute atomic E-state index is 12.4. The molecule has 1 unspecified atom stereocenters. The summed E-state index contributed by atoms with van der Waals surface area (Å²) >= 11 is 2.69. The molecule has 2 aromatic heterocycles. The van der Waals surface area contributed by atoms with Gasteiger partial charge in [-0.05, 0) is 25.0 Å². The molecule has 10 heteroatoms. The lowest BCUT2D eigenvalue weighted by Crippen LogP contribution is -2.18. The highest BCUT2D eigenvalue weighted by atomic mass is 32.2. The van der Waals surface area contributed by atoms with E-state index in [1.165, 1.54) is 30.0 Å². The van der Waals surface area contributed by atoms with E-state index < -0.39 is 0 Å². The van der Waals surface area contributed by atoms with E-state index in [1.807, 2.05) is 18.2 Å². The van der Waals surface area contributed by atoms with E-state index in [-0.39, 0.29) is 29.3 Å². The first-order valence-corrected chi connectivity index (χ1v) is 11.0. The molecule has 0 radical (unpaired) electrons. The molecule has 8 nitrogen and oxygen atoms in total. The van der Waals surface area contributed by atoms with E-state index in [0.717, 1.165) is 19.4 Å². The van der Waals surface area contributed by atoms with Crippen LogP contribution in [0.4, 0.5) is 10.8 Å². The molecule has 1 fully saturated rings. The van der Waals surface area contributed by atoms with Crippen LogP contribution < -0.4 is 10.6 Å². The van der Waals surface area contributed by atoms with E-state index in [1.54, 1.807) is 6.07 Å². The second-order valence-electron chi connectivity index (χ2n) is 6.58. The Hall–Kier alpha value is -2.43. The van der Waals surface area contributed by atoms with Gasteiger partial charge in [-0.15, -0.1) is 10.2 Å². The second-order valence-corrected chi connectivity index (χ2v) is 8.78. The number of ketones is 1. The van der Waals surface area contributed by atoms with Gasteiger partial charge in [0.1, 0.15) is 5.58 Å². The second kappa shape index (κ2) is 8.93. The summed E-state index contributed by atoms with van der Waals surface area (Å²) in [4.78, 5) is 24.3. The van der Waals surface area contributed by atoms with Crippen LogP contribution in [0.1, 0.15) is 30.3 Å². The molecule has 0 bridgehead atoms. The molecule has 1 aliphatic rings. The average molecular weight is 433 g/mol. The van der Waals surface area contributed by atoms with Crippen molar-refractivity contribution in [3.63, 3.8) is 0 Å². The molecule has 1 aliphatic heterocycles. The van der Waals surface area contributed by atoms with Crippen LogP contribution >= 0.6 is 23.1 Å². The molecule has 1 amide bonds. The number of hydrogen-bond donors (Lipinski definition) is 2. The van der Waals surface area contributed by atoms with Crippen LogP contribution in [0.3, 0.4) is 0 Å². The summed E-state index contributed by atoms with van der Waals surface area (Å²) in [6, 6.07) is 7.22. The van der Waals surface area contributed by atoms with Gasteiger partial charge < -0.3 is 19.8 Å². The Bertz CT molecular complexity index is 1030. The topological polar surface area (TPSA) is 106 Å². The number of rotatable bonds is 8. The monoisotopic (exact) mass is 432 g/mol. The number of amides is 1. The van der Waals surface area contributed by atoms with Crippen molar-refractivity contribution in [2.24, 2.45) is 0 Å². The molecule has 3 aromatic rings. The first-order valence-electron chi connectivity index (χ1n) is 9.24. The Morgan fingerprint density at radius 2 is 2.17 bits per heavy atom. The summed E-state index contributed by atoms with van der Waals surface area (Å²) in [5.41, 5.74) is 0.974. The van der Waals surface area contributed by atoms with Crippen molar-refractivity contribution >= 4 is 56.6 Å². The third-order valence-electron chi connectivity index (χ3n) is 4.42. The Morgan fingerprint density at radius 1 is 1.31 bits per heavy atom. The minimum Gasteiger partial charge on any atom is -0.451 e. The Morgan fingerprint density at radius 3 is 2.97 bits per heavy atom. The third-order valence-corrected chi connectivity index (χ3v) is 6.43. The lowest BCUT2D eigenvalue weighted by atomic mass is 10.2. The Labute approximate surface area is 175 Å². The number of nitrogens with one attached hydrogen (secondary N) is 2. The van der Waals surface area contributed by atoms with Crippen LogP contribution in [0.15, 0.2) is 33.0 Å². The lowest BCUT2D eigenvalue weighted by molar-refractivity contribution is -0.113. The van der Waals surface area contributed by atoms with Gasteiger partial charge in [0, 0.05) is 25.5 Å². The fraction of sp³-hybridized carbons (Fsp3) is 0.368. The Balaban J connectivity index is 1.34. The van der Waals surface area contributed by atoms with Crippen LogP contribution in [0.5, 0.6) is 0 Å². The SMILES string of the molecule is CC(=O)c1oc2ccccc2c1NC(=O)CSc1nnc(NCC2CCCO2)s1. The first-order chi connectivity index (χ1) is 14.1. The number of Topliss-reactive ketones (excluding diaryl/α,β-unsaturated/α-hetero) is 1. The molecule has 2 N–H and O–H groups in total. The number of thioether (sulfide) groups is 1. The van der Waals surface area contributed by atoms with Gasteiger partial charge in [0.2, 0.25) is 11.0 Å². The number of aromatic nitrogens is 2. The van der Waals surface area contributed by atoms with Crippen molar-refractivity contribution < 1.29 is 18.7 Å². The van der Waals surface area contributed by atoms with Crippen molar-refractivity contribution in [1.82, 2.24) is 10.2 Å². The number of furan rings is 1. The minimum atomic E-state index is -0.242. The number of nitrogens with zero attached hydrogens (tertiary/aromatic N) is 2. The minimum absolute atomic E-state index is 0.150. The van der Waals surface area contributed by atoms with E-state index in [4.69, 9.17) is 9.15 Å². The number of hydrogen-bond acceptors (Lipinski definition) is 9. The zero-order chi connectivity index (χ0) is 20.2. The number of carbonyl (C=O) groups is 2. The van der Waals surface area contributed by atoms with Crippen molar-refractivity contribution in [3.05, 3.63) is 30.0 Å². The summed E-state index contributed by atoms with van der Waals surface area (Å²) in [6.07, 6.45) is 2.37. The van der Waals surface area contributed by atoms with Crippen LogP contribution in [-0.4, -0.2) is 46.9 Å². The molecule has 4 rings (SSSR count). The molecular weight excluding hydrogens is 412 g/mol.